The van der Waals surface area contributed by atoms with Gasteiger partial charge in [-0.05, 0) is 36.1 Å². The minimum atomic E-state index is -0.0898. The number of rotatable bonds is 5. The second kappa shape index (κ2) is 7.02. The van der Waals surface area contributed by atoms with Crippen molar-refractivity contribution < 1.29 is 9.21 Å². The first-order valence-electron chi connectivity index (χ1n) is 7.05. The molecule has 0 bridgehead atoms. The van der Waals surface area contributed by atoms with Crippen LogP contribution in [0.5, 0.6) is 0 Å². The first kappa shape index (κ1) is 15.8. The fraction of sp³-hybridized carbons (Fsp3) is 0.176. The lowest BCUT2D eigenvalue weighted by atomic mass is 10.2. The van der Waals surface area contributed by atoms with E-state index in [4.69, 9.17) is 4.42 Å². The van der Waals surface area contributed by atoms with E-state index < -0.39 is 0 Å². The maximum Gasteiger partial charge on any atom is 0.273 e. The monoisotopic (exact) mass is 344 g/mol. The highest BCUT2D eigenvalue weighted by atomic mass is 32.2. The summed E-state index contributed by atoms with van der Waals surface area (Å²) in [6.07, 6.45) is 3.64. The van der Waals surface area contributed by atoms with E-state index in [0.717, 1.165) is 10.6 Å². The molecule has 6 heteroatoms. The highest BCUT2D eigenvalue weighted by Gasteiger charge is 2.17. The number of aromatic nitrogens is 1. The van der Waals surface area contributed by atoms with E-state index in [1.807, 2.05) is 30.5 Å². The van der Waals surface area contributed by atoms with Gasteiger partial charge in [-0.2, -0.15) is 0 Å². The molecule has 0 saturated carbocycles. The molecule has 0 saturated heterocycles. The molecule has 0 aliphatic rings. The minimum absolute atomic E-state index is 0.0898. The zero-order valence-electron chi connectivity index (χ0n) is 12.9. The van der Waals surface area contributed by atoms with Gasteiger partial charge in [0.1, 0.15) is 5.69 Å². The van der Waals surface area contributed by atoms with Crippen molar-refractivity contribution in [1.29, 1.82) is 0 Å². The van der Waals surface area contributed by atoms with Crippen molar-refractivity contribution in [3.63, 3.8) is 0 Å². The van der Waals surface area contributed by atoms with Gasteiger partial charge in [-0.15, -0.1) is 23.1 Å². The van der Waals surface area contributed by atoms with Gasteiger partial charge < -0.3 is 9.32 Å². The zero-order valence-corrected chi connectivity index (χ0v) is 14.5. The zero-order chi connectivity index (χ0) is 16.2. The Bertz CT molecular complexity index is 779. The van der Waals surface area contributed by atoms with Gasteiger partial charge in [-0.25, -0.2) is 4.98 Å². The van der Waals surface area contributed by atoms with E-state index in [1.54, 1.807) is 35.4 Å². The van der Waals surface area contributed by atoms with Crippen LogP contribution in [0.25, 0.3) is 10.8 Å². The van der Waals surface area contributed by atoms with Crippen molar-refractivity contribution in [2.75, 3.05) is 13.3 Å². The maximum atomic E-state index is 12.5. The summed E-state index contributed by atoms with van der Waals surface area (Å²) in [6, 6.07) is 11.9. The summed E-state index contributed by atoms with van der Waals surface area (Å²) in [6.45, 7) is 0.557. The summed E-state index contributed by atoms with van der Waals surface area (Å²) in [4.78, 5) is 19.8. The molecule has 0 radical (unpaired) electrons. The molecule has 2 heterocycles. The number of nitrogens with zero attached hydrogens (tertiary/aromatic N) is 2. The Morgan fingerprint density at radius 1 is 1.30 bits per heavy atom. The van der Waals surface area contributed by atoms with Crippen LogP contribution in [0.15, 0.2) is 57.4 Å². The number of carbonyl (C=O) groups excluding carboxylic acids is 1. The molecule has 23 heavy (non-hydrogen) atoms. The molecule has 0 aliphatic carbocycles. The lowest BCUT2D eigenvalue weighted by Gasteiger charge is -2.16. The van der Waals surface area contributed by atoms with E-state index in [9.17, 15) is 4.79 Å². The second-order valence-electron chi connectivity index (χ2n) is 5.02. The number of benzene rings is 1. The second-order valence-corrected chi connectivity index (χ2v) is 6.76. The highest BCUT2D eigenvalue weighted by Crippen LogP contribution is 2.24. The maximum absolute atomic E-state index is 12.5. The number of carbonyl (C=O) groups is 1. The largest absolute Gasteiger partial charge is 0.462 e. The van der Waals surface area contributed by atoms with Gasteiger partial charge in [0, 0.05) is 23.9 Å². The Labute approximate surface area is 143 Å². The van der Waals surface area contributed by atoms with Gasteiger partial charge >= 0.3 is 0 Å². The van der Waals surface area contributed by atoms with Gasteiger partial charge in [-0.3, -0.25) is 4.79 Å². The van der Waals surface area contributed by atoms with Gasteiger partial charge in [-0.1, -0.05) is 12.1 Å². The lowest BCUT2D eigenvalue weighted by Crippen LogP contribution is -2.26. The van der Waals surface area contributed by atoms with Gasteiger partial charge in [0.25, 0.3) is 5.91 Å². The minimum Gasteiger partial charge on any atom is -0.462 e. The fourth-order valence-corrected chi connectivity index (χ4v) is 3.33. The van der Waals surface area contributed by atoms with E-state index in [0.29, 0.717) is 18.0 Å². The van der Waals surface area contributed by atoms with E-state index in [1.165, 1.54) is 16.2 Å². The van der Waals surface area contributed by atoms with Crippen molar-refractivity contribution in [3.8, 4) is 10.8 Å². The number of thioether (sulfide) groups is 1. The van der Waals surface area contributed by atoms with Gasteiger partial charge in [0.15, 0.2) is 10.8 Å². The molecule has 0 spiro atoms. The van der Waals surface area contributed by atoms with E-state index in [2.05, 4.69) is 17.1 Å². The van der Waals surface area contributed by atoms with Crippen LogP contribution in [-0.4, -0.2) is 29.1 Å². The van der Waals surface area contributed by atoms with Crippen LogP contribution >= 0.6 is 23.1 Å². The van der Waals surface area contributed by atoms with E-state index >= 15 is 0 Å². The molecule has 3 aromatic rings. The number of hydrogen-bond donors (Lipinski definition) is 0. The number of amides is 1. The molecule has 118 valence electrons. The molecular formula is C17H16N2O2S2. The van der Waals surface area contributed by atoms with Crippen LogP contribution in [0.2, 0.25) is 0 Å². The van der Waals surface area contributed by atoms with Crippen molar-refractivity contribution >= 4 is 29.0 Å². The highest BCUT2D eigenvalue weighted by molar-refractivity contribution is 7.98. The molecular weight excluding hydrogens is 328 g/mol. The Balaban J connectivity index is 1.69. The first-order chi connectivity index (χ1) is 11.2. The molecule has 1 aromatic carbocycles. The average Bonchev–Trinajstić information content (AvgIpc) is 3.26. The van der Waals surface area contributed by atoms with Gasteiger partial charge in [0.2, 0.25) is 0 Å². The predicted molar refractivity (Wildman–Crippen MR) is 93.8 cm³/mol. The SMILES string of the molecule is CSc1ccc(CN(C)C(=O)c2csc(-c3ccco3)n2)cc1. The summed E-state index contributed by atoms with van der Waals surface area (Å²) in [5, 5.41) is 2.49. The van der Waals surface area contributed by atoms with Gasteiger partial charge in [0.05, 0.1) is 6.26 Å². The standard InChI is InChI=1S/C17H16N2O2S2/c1-19(10-12-5-7-13(22-2)8-6-12)17(20)14-11-23-16(18-14)15-4-3-9-21-15/h3-9,11H,10H2,1-2H3. The third kappa shape index (κ3) is 3.65. The summed E-state index contributed by atoms with van der Waals surface area (Å²) in [5.74, 6) is 0.595. The normalized spacial score (nSPS) is 10.7. The average molecular weight is 344 g/mol. The van der Waals surface area contributed by atoms with Crippen molar-refractivity contribution in [3.05, 3.63) is 59.3 Å². The molecule has 2 aromatic heterocycles. The number of thiazole rings is 1. The van der Waals surface area contributed by atoms with Crippen LogP contribution < -0.4 is 0 Å². The first-order valence-corrected chi connectivity index (χ1v) is 9.15. The Morgan fingerprint density at radius 3 is 2.74 bits per heavy atom. The molecule has 0 unspecified atom stereocenters. The quantitative estimate of drug-likeness (QED) is 0.644. The lowest BCUT2D eigenvalue weighted by molar-refractivity contribution is 0.0780. The summed E-state index contributed by atoms with van der Waals surface area (Å²) >= 11 is 3.11. The molecule has 0 N–H and O–H groups in total. The molecule has 1 amide bonds. The Morgan fingerprint density at radius 2 is 2.09 bits per heavy atom. The van der Waals surface area contributed by atoms with Crippen LogP contribution in [0.1, 0.15) is 16.1 Å². The number of furan rings is 1. The number of hydrogen-bond acceptors (Lipinski definition) is 5. The molecule has 0 aliphatic heterocycles. The molecule has 4 nitrogen and oxygen atoms in total. The van der Waals surface area contributed by atoms with Crippen molar-refractivity contribution in [1.82, 2.24) is 9.88 Å². The van der Waals surface area contributed by atoms with Crippen LogP contribution in [0, 0.1) is 0 Å². The Hall–Kier alpha value is -2.05. The van der Waals surface area contributed by atoms with Crippen molar-refractivity contribution in [2.45, 2.75) is 11.4 Å². The summed E-state index contributed by atoms with van der Waals surface area (Å²) in [7, 11) is 1.79. The molecule has 3 rings (SSSR count). The fourth-order valence-electron chi connectivity index (χ4n) is 2.16. The van der Waals surface area contributed by atoms with Crippen molar-refractivity contribution in [2.24, 2.45) is 0 Å². The van der Waals surface area contributed by atoms with E-state index in [-0.39, 0.29) is 5.91 Å². The van der Waals surface area contributed by atoms with Crippen LogP contribution in [0.3, 0.4) is 0 Å². The van der Waals surface area contributed by atoms with Crippen LogP contribution in [0.4, 0.5) is 0 Å². The molecule has 0 fully saturated rings. The summed E-state index contributed by atoms with van der Waals surface area (Å²) < 4.78 is 5.31. The third-order valence-corrected chi connectivity index (χ3v) is 4.98. The smallest absolute Gasteiger partial charge is 0.273 e. The predicted octanol–water partition coefficient (Wildman–Crippen LogP) is 4.40. The van der Waals surface area contributed by atoms with Crippen LogP contribution in [-0.2, 0) is 6.54 Å². The summed E-state index contributed by atoms with van der Waals surface area (Å²) in [5.41, 5.74) is 1.55. The third-order valence-electron chi connectivity index (χ3n) is 3.38. The topological polar surface area (TPSA) is 46.3 Å². The molecule has 0 atom stereocenters. The Kier molecular flexibility index (Phi) is 4.83.